The van der Waals surface area contributed by atoms with Gasteiger partial charge in [0.2, 0.25) is 0 Å². The molecule has 0 N–H and O–H groups in total. The van der Waals surface area contributed by atoms with Crippen molar-refractivity contribution in [3.63, 3.8) is 0 Å². The SMILES string of the molecule is Cc1cccc(N2CCN(CCCCN=C(N(C)C)N(C)C)CC2)c1. The first-order valence-electron chi connectivity index (χ1n) is 9.40. The van der Waals surface area contributed by atoms with E-state index in [1.165, 1.54) is 24.2 Å². The van der Waals surface area contributed by atoms with Crippen LogP contribution in [0.1, 0.15) is 18.4 Å². The summed E-state index contributed by atoms with van der Waals surface area (Å²) in [5.74, 6) is 1.05. The molecule has 0 unspecified atom stereocenters. The van der Waals surface area contributed by atoms with Crippen molar-refractivity contribution in [2.75, 3.05) is 72.4 Å². The van der Waals surface area contributed by atoms with Crippen molar-refractivity contribution in [3.8, 4) is 0 Å². The molecule has 0 amide bonds. The number of anilines is 1. The van der Waals surface area contributed by atoms with E-state index in [0.29, 0.717) is 0 Å². The molecule has 0 saturated carbocycles. The van der Waals surface area contributed by atoms with Crippen LogP contribution in [-0.2, 0) is 0 Å². The summed E-state index contributed by atoms with van der Waals surface area (Å²) in [5.41, 5.74) is 2.71. The summed E-state index contributed by atoms with van der Waals surface area (Å²) in [6, 6.07) is 8.85. The molecule has 0 spiro atoms. The summed E-state index contributed by atoms with van der Waals surface area (Å²) in [5, 5.41) is 0. The third kappa shape index (κ3) is 6.24. The number of benzene rings is 1. The molecule has 1 aromatic carbocycles. The van der Waals surface area contributed by atoms with Gasteiger partial charge < -0.3 is 14.7 Å². The Morgan fingerprint density at radius 3 is 2.28 bits per heavy atom. The molecule has 0 aliphatic carbocycles. The number of nitrogens with zero attached hydrogens (tertiary/aromatic N) is 5. The molecule has 1 heterocycles. The van der Waals surface area contributed by atoms with Gasteiger partial charge in [-0.15, -0.1) is 0 Å². The summed E-state index contributed by atoms with van der Waals surface area (Å²) < 4.78 is 0. The van der Waals surface area contributed by atoms with E-state index in [1.54, 1.807) is 0 Å². The number of aryl methyl sites for hydroxylation is 1. The highest BCUT2D eigenvalue weighted by molar-refractivity contribution is 5.79. The summed E-state index contributed by atoms with van der Waals surface area (Å²) >= 11 is 0. The maximum Gasteiger partial charge on any atom is 0.195 e. The van der Waals surface area contributed by atoms with Crippen LogP contribution in [0.3, 0.4) is 0 Å². The number of rotatable bonds is 6. The lowest BCUT2D eigenvalue weighted by atomic mass is 10.2. The molecule has 1 aliphatic rings. The highest BCUT2D eigenvalue weighted by Gasteiger charge is 2.16. The number of piperazine rings is 1. The van der Waals surface area contributed by atoms with Crippen LogP contribution in [-0.4, -0.2) is 88.1 Å². The second-order valence-corrected chi connectivity index (χ2v) is 7.35. The van der Waals surface area contributed by atoms with Crippen LogP contribution in [0.15, 0.2) is 29.3 Å². The zero-order valence-electron chi connectivity index (χ0n) is 16.7. The zero-order valence-corrected chi connectivity index (χ0v) is 16.7. The molecule has 0 aromatic heterocycles. The lowest BCUT2D eigenvalue weighted by Gasteiger charge is -2.36. The van der Waals surface area contributed by atoms with Gasteiger partial charge in [0.25, 0.3) is 0 Å². The van der Waals surface area contributed by atoms with E-state index in [4.69, 9.17) is 4.99 Å². The van der Waals surface area contributed by atoms with Crippen molar-refractivity contribution in [1.29, 1.82) is 0 Å². The molecule has 1 aliphatic heterocycles. The molecular weight excluding hydrogens is 310 g/mol. The molecule has 25 heavy (non-hydrogen) atoms. The van der Waals surface area contributed by atoms with Gasteiger partial charge in [0.1, 0.15) is 0 Å². The van der Waals surface area contributed by atoms with Crippen LogP contribution < -0.4 is 4.90 Å². The van der Waals surface area contributed by atoms with Crippen LogP contribution >= 0.6 is 0 Å². The number of hydrogen-bond acceptors (Lipinski definition) is 3. The average molecular weight is 346 g/mol. The molecule has 0 radical (unpaired) electrons. The fourth-order valence-corrected chi connectivity index (χ4v) is 3.36. The third-order valence-electron chi connectivity index (χ3n) is 4.67. The Labute approximate surface area is 153 Å². The first kappa shape index (κ1) is 19.6. The topological polar surface area (TPSA) is 25.3 Å². The van der Waals surface area contributed by atoms with Crippen LogP contribution in [0, 0.1) is 6.92 Å². The molecule has 2 rings (SSSR count). The molecule has 5 heteroatoms. The van der Waals surface area contributed by atoms with Gasteiger partial charge in [-0.1, -0.05) is 12.1 Å². The number of guanidine groups is 1. The fourth-order valence-electron chi connectivity index (χ4n) is 3.36. The van der Waals surface area contributed by atoms with Crippen LogP contribution in [0.5, 0.6) is 0 Å². The Hall–Kier alpha value is -1.75. The van der Waals surface area contributed by atoms with Crippen molar-refractivity contribution in [2.45, 2.75) is 19.8 Å². The Morgan fingerprint density at radius 1 is 1.00 bits per heavy atom. The third-order valence-corrected chi connectivity index (χ3v) is 4.67. The van der Waals surface area contributed by atoms with Gasteiger partial charge >= 0.3 is 0 Å². The van der Waals surface area contributed by atoms with E-state index in [2.05, 4.69) is 50.8 Å². The largest absolute Gasteiger partial charge is 0.369 e. The van der Waals surface area contributed by atoms with Crippen molar-refractivity contribution in [2.24, 2.45) is 4.99 Å². The molecule has 1 aromatic rings. The standard InChI is InChI=1S/C20H35N5/c1-18-9-8-10-19(17-18)25-15-13-24(14-16-25)12-7-6-11-21-20(22(2)3)23(4)5/h8-10,17H,6-7,11-16H2,1-5H3. The minimum Gasteiger partial charge on any atom is -0.369 e. The zero-order chi connectivity index (χ0) is 18.2. The molecule has 5 nitrogen and oxygen atoms in total. The van der Waals surface area contributed by atoms with E-state index in [0.717, 1.165) is 45.1 Å². The fraction of sp³-hybridized carbons (Fsp3) is 0.650. The average Bonchev–Trinajstić information content (AvgIpc) is 2.58. The van der Waals surface area contributed by atoms with E-state index in [1.807, 2.05) is 28.2 Å². The lowest BCUT2D eigenvalue weighted by Crippen LogP contribution is -2.46. The van der Waals surface area contributed by atoms with E-state index in [-0.39, 0.29) is 0 Å². The summed E-state index contributed by atoms with van der Waals surface area (Å²) in [6.07, 6.45) is 2.38. The maximum absolute atomic E-state index is 4.71. The highest BCUT2D eigenvalue weighted by Crippen LogP contribution is 2.17. The van der Waals surface area contributed by atoms with E-state index < -0.39 is 0 Å². The van der Waals surface area contributed by atoms with Gasteiger partial charge in [0.15, 0.2) is 5.96 Å². The van der Waals surface area contributed by atoms with Crippen molar-refractivity contribution in [1.82, 2.24) is 14.7 Å². The molecule has 1 fully saturated rings. The van der Waals surface area contributed by atoms with Crippen molar-refractivity contribution < 1.29 is 0 Å². The summed E-state index contributed by atoms with van der Waals surface area (Å²) in [4.78, 5) is 14.0. The Balaban J connectivity index is 1.66. The summed E-state index contributed by atoms with van der Waals surface area (Å²) in [7, 11) is 8.19. The van der Waals surface area contributed by atoms with Crippen LogP contribution in [0.25, 0.3) is 0 Å². The smallest absolute Gasteiger partial charge is 0.195 e. The second kappa shape index (κ2) is 9.66. The number of aliphatic imine (C=N–C) groups is 1. The molecule has 1 saturated heterocycles. The van der Waals surface area contributed by atoms with Gasteiger partial charge in [-0.3, -0.25) is 9.89 Å². The van der Waals surface area contributed by atoms with Crippen LogP contribution in [0.4, 0.5) is 5.69 Å². The van der Waals surface area contributed by atoms with Crippen molar-refractivity contribution in [3.05, 3.63) is 29.8 Å². The quantitative estimate of drug-likeness (QED) is 0.449. The number of unbranched alkanes of at least 4 members (excludes halogenated alkanes) is 1. The van der Waals surface area contributed by atoms with Gasteiger partial charge in [-0.25, -0.2) is 0 Å². The second-order valence-electron chi connectivity index (χ2n) is 7.35. The lowest BCUT2D eigenvalue weighted by molar-refractivity contribution is 0.253. The normalized spacial score (nSPS) is 15.2. The molecule has 0 bridgehead atoms. The van der Waals surface area contributed by atoms with Gasteiger partial charge in [-0.05, 0) is 44.0 Å². The van der Waals surface area contributed by atoms with E-state index in [9.17, 15) is 0 Å². The highest BCUT2D eigenvalue weighted by atomic mass is 15.3. The summed E-state index contributed by atoms with van der Waals surface area (Å²) in [6.45, 7) is 8.86. The first-order valence-corrected chi connectivity index (χ1v) is 9.40. The predicted octanol–water partition coefficient (Wildman–Crippen LogP) is 2.38. The van der Waals surface area contributed by atoms with E-state index >= 15 is 0 Å². The molecular formula is C20H35N5. The molecule has 140 valence electrons. The predicted molar refractivity (Wildman–Crippen MR) is 109 cm³/mol. The Bertz CT molecular complexity index is 535. The first-order chi connectivity index (χ1) is 12.0. The van der Waals surface area contributed by atoms with Crippen LogP contribution in [0.2, 0.25) is 0 Å². The van der Waals surface area contributed by atoms with Gasteiger partial charge in [-0.2, -0.15) is 0 Å². The minimum atomic E-state index is 0.912. The Morgan fingerprint density at radius 2 is 1.68 bits per heavy atom. The Kier molecular flexibility index (Phi) is 7.56. The van der Waals surface area contributed by atoms with Crippen molar-refractivity contribution >= 4 is 11.6 Å². The minimum absolute atomic E-state index is 0.912. The van der Waals surface area contributed by atoms with Gasteiger partial charge in [0, 0.05) is 66.6 Å². The molecule has 0 atom stereocenters. The maximum atomic E-state index is 4.71. The monoisotopic (exact) mass is 345 g/mol. The van der Waals surface area contributed by atoms with Gasteiger partial charge in [0.05, 0.1) is 0 Å². The number of hydrogen-bond donors (Lipinski definition) is 0.